The highest BCUT2D eigenvalue weighted by atomic mass is 16.2. The van der Waals surface area contributed by atoms with E-state index in [1.54, 1.807) is 60.5 Å². The number of hydrogen-bond acceptors (Lipinski definition) is 4. The Bertz CT molecular complexity index is 1060. The van der Waals surface area contributed by atoms with Crippen molar-refractivity contribution in [2.75, 3.05) is 30.8 Å². The number of carbonyl (C=O) groups excluding carboxylic acids is 3. The minimum absolute atomic E-state index is 0.00911. The van der Waals surface area contributed by atoms with E-state index in [1.165, 1.54) is 0 Å². The van der Waals surface area contributed by atoms with Gasteiger partial charge in [0.1, 0.15) is 0 Å². The van der Waals surface area contributed by atoms with E-state index in [0.29, 0.717) is 22.5 Å². The molecule has 0 aromatic heterocycles. The van der Waals surface area contributed by atoms with E-state index in [4.69, 9.17) is 0 Å². The van der Waals surface area contributed by atoms with E-state index >= 15 is 0 Å². The van der Waals surface area contributed by atoms with Crippen molar-refractivity contribution < 1.29 is 14.4 Å². The Morgan fingerprint density at radius 3 is 2.00 bits per heavy atom. The molecule has 0 atom stereocenters. The average molecular weight is 415 g/mol. The largest absolute Gasteiger partial charge is 0.325 e. The quantitative estimate of drug-likeness (QED) is 0.550. The molecule has 0 radical (unpaired) electrons. The lowest BCUT2D eigenvalue weighted by Gasteiger charge is -2.17. The van der Waals surface area contributed by atoms with Crippen molar-refractivity contribution in [3.05, 3.63) is 95.6 Å². The van der Waals surface area contributed by atoms with Crippen molar-refractivity contribution >= 4 is 29.0 Å². The van der Waals surface area contributed by atoms with E-state index in [-0.39, 0.29) is 30.7 Å². The Kier molecular flexibility index (Phi) is 7.30. The zero-order valence-corrected chi connectivity index (χ0v) is 17.6. The molecular formula is C25H25N3O3. The van der Waals surface area contributed by atoms with Crippen LogP contribution in [0.15, 0.2) is 78.9 Å². The molecule has 3 aromatic carbocycles. The number of nitrogens with zero attached hydrogens (tertiary/aromatic N) is 1. The van der Waals surface area contributed by atoms with Crippen LogP contribution in [0.3, 0.4) is 0 Å². The van der Waals surface area contributed by atoms with Gasteiger partial charge in [-0.15, -0.1) is 0 Å². The topological polar surface area (TPSA) is 78.5 Å². The number of nitrogens with one attached hydrogen (secondary N) is 2. The summed E-state index contributed by atoms with van der Waals surface area (Å²) in [5, 5.41) is 5.60. The molecular weight excluding hydrogens is 390 g/mol. The van der Waals surface area contributed by atoms with Crippen LogP contribution in [-0.4, -0.2) is 42.6 Å². The Labute approximate surface area is 181 Å². The molecule has 3 rings (SSSR count). The molecule has 0 saturated carbocycles. The fourth-order valence-corrected chi connectivity index (χ4v) is 3.11. The van der Waals surface area contributed by atoms with E-state index in [0.717, 1.165) is 5.56 Å². The van der Waals surface area contributed by atoms with Crippen molar-refractivity contribution in [1.82, 2.24) is 4.90 Å². The standard InChI is InChI=1S/C25H25N3O3/c1-18-12-14-20(15-13-18)26-23(29)16-28(2)17-24(30)27-22-11-7-6-10-21(22)25(31)19-8-4-3-5-9-19/h3-15H,16-17H2,1-2H3,(H,26,29)(H,27,30). The first-order valence-electron chi connectivity index (χ1n) is 9.96. The van der Waals surface area contributed by atoms with Crippen molar-refractivity contribution in [3.8, 4) is 0 Å². The zero-order chi connectivity index (χ0) is 22.2. The summed E-state index contributed by atoms with van der Waals surface area (Å²) in [5.74, 6) is -0.680. The molecule has 0 unspecified atom stereocenters. The van der Waals surface area contributed by atoms with Crippen LogP contribution in [0, 0.1) is 6.92 Å². The summed E-state index contributed by atoms with van der Waals surface area (Å²) < 4.78 is 0. The number of para-hydroxylation sites is 1. The summed E-state index contributed by atoms with van der Waals surface area (Å²) in [6, 6.07) is 23.3. The number of anilines is 2. The van der Waals surface area contributed by atoms with Crippen molar-refractivity contribution in [2.45, 2.75) is 6.92 Å². The normalized spacial score (nSPS) is 10.5. The number of amides is 2. The van der Waals surface area contributed by atoms with Gasteiger partial charge in [0.2, 0.25) is 11.8 Å². The molecule has 0 heterocycles. The van der Waals surface area contributed by atoms with Crippen LogP contribution in [0.2, 0.25) is 0 Å². The lowest BCUT2D eigenvalue weighted by molar-refractivity contribution is -0.119. The van der Waals surface area contributed by atoms with Gasteiger partial charge in [-0.25, -0.2) is 0 Å². The summed E-state index contributed by atoms with van der Waals surface area (Å²) >= 11 is 0. The second kappa shape index (κ2) is 10.3. The van der Waals surface area contributed by atoms with Gasteiger partial charge in [-0.3, -0.25) is 19.3 Å². The lowest BCUT2D eigenvalue weighted by Crippen LogP contribution is -2.36. The highest BCUT2D eigenvalue weighted by molar-refractivity contribution is 6.13. The molecule has 31 heavy (non-hydrogen) atoms. The van der Waals surface area contributed by atoms with Gasteiger partial charge in [-0.1, -0.05) is 60.2 Å². The predicted molar refractivity (Wildman–Crippen MR) is 122 cm³/mol. The Morgan fingerprint density at radius 2 is 1.32 bits per heavy atom. The number of carbonyl (C=O) groups is 3. The number of benzene rings is 3. The third-order valence-corrected chi connectivity index (χ3v) is 4.64. The molecule has 3 aromatic rings. The van der Waals surface area contributed by atoms with Crippen LogP contribution in [0.1, 0.15) is 21.5 Å². The molecule has 6 heteroatoms. The van der Waals surface area contributed by atoms with Crippen molar-refractivity contribution in [1.29, 1.82) is 0 Å². The van der Waals surface area contributed by atoms with E-state index in [9.17, 15) is 14.4 Å². The fraction of sp³-hybridized carbons (Fsp3) is 0.160. The molecule has 0 aliphatic rings. The molecule has 158 valence electrons. The first-order valence-corrected chi connectivity index (χ1v) is 9.96. The highest BCUT2D eigenvalue weighted by Gasteiger charge is 2.16. The summed E-state index contributed by atoms with van der Waals surface area (Å²) in [5.41, 5.74) is 3.23. The number of aryl methyl sites for hydroxylation is 1. The van der Waals surface area contributed by atoms with Gasteiger partial charge in [0, 0.05) is 16.8 Å². The monoisotopic (exact) mass is 415 g/mol. The maximum Gasteiger partial charge on any atom is 0.238 e. The molecule has 0 saturated heterocycles. The van der Waals surface area contributed by atoms with Gasteiger partial charge >= 0.3 is 0 Å². The Balaban J connectivity index is 1.57. The first kappa shape index (κ1) is 21.9. The summed E-state index contributed by atoms with van der Waals surface area (Å²) in [6.45, 7) is 2.05. The molecule has 0 fully saturated rings. The van der Waals surface area contributed by atoms with Crippen LogP contribution in [0.25, 0.3) is 0 Å². The van der Waals surface area contributed by atoms with Gasteiger partial charge in [-0.05, 0) is 38.2 Å². The van der Waals surface area contributed by atoms with Gasteiger partial charge in [-0.2, -0.15) is 0 Å². The van der Waals surface area contributed by atoms with Crippen LogP contribution < -0.4 is 10.6 Å². The number of ketones is 1. The van der Waals surface area contributed by atoms with Crippen LogP contribution in [0.5, 0.6) is 0 Å². The van der Waals surface area contributed by atoms with E-state index < -0.39 is 0 Å². The molecule has 2 amide bonds. The van der Waals surface area contributed by atoms with Gasteiger partial charge < -0.3 is 10.6 Å². The van der Waals surface area contributed by atoms with E-state index in [1.807, 2.05) is 37.3 Å². The third kappa shape index (κ3) is 6.35. The number of rotatable bonds is 8. The lowest BCUT2D eigenvalue weighted by atomic mass is 10.0. The number of hydrogen-bond donors (Lipinski definition) is 2. The second-order valence-electron chi connectivity index (χ2n) is 7.38. The predicted octanol–water partition coefficient (Wildman–Crippen LogP) is 3.74. The number of likely N-dealkylation sites (N-methyl/N-ethyl adjacent to an activating group) is 1. The molecule has 6 nitrogen and oxygen atoms in total. The molecule has 0 aliphatic heterocycles. The molecule has 0 spiro atoms. The molecule has 2 N–H and O–H groups in total. The zero-order valence-electron chi connectivity index (χ0n) is 17.6. The Morgan fingerprint density at radius 1 is 0.742 bits per heavy atom. The van der Waals surface area contributed by atoms with Crippen LogP contribution >= 0.6 is 0 Å². The summed E-state index contributed by atoms with van der Waals surface area (Å²) in [6.07, 6.45) is 0. The second-order valence-corrected chi connectivity index (χ2v) is 7.38. The van der Waals surface area contributed by atoms with Crippen molar-refractivity contribution in [3.63, 3.8) is 0 Å². The maximum atomic E-state index is 12.8. The third-order valence-electron chi connectivity index (χ3n) is 4.64. The molecule has 0 aliphatic carbocycles. The Hall–Kier alpha value is -3.77. The minimum Gasteiger partial charge on any atom is -0.325 e. The minimum atomic E-state index is -0.307. The van der Waals surface area contributed by atoms with Crippen molar-refractivity contribution in [2.24, 2.45) is 0 Å². The fourth-order valence-electron chi connectivity index (χ4n) is 3.11. The summed E-state index contributed by atoms with van der Waals surface area (Å²) in [4.78, 5) is 39.1. The van der Waals surface area contributed by atoms with Crippen LogP contribution in [0.4, 0.5) is 11.4 Å². The smallest absolute Gasteiger partial charge is 0.238 e. The van der Waals surface area contributed by atoms with Crippen LogP contribution in [-0.2, 0) is 9.59 Å². The summed E-state index contributed by atoms with van der Waals surface area (Å²) in [7, 11) is 1.69. The van der Waals surface area contributed by atoms with Gasteiger partial charge in [0.05, 0.1) is 18.8 Å². The SMILES string of the molecule is Cc1ccc(NC(=O)CN(C)CC(=O)Nc2ccccc2C(=O)c2ccccc2)cc1. The maximum absolute atomic E-state index is 12.8. The highest BCUT2D eigenvalue weighted by Crippen LogP contribution is 2.19. The van der Waals surface area contributed by atoms with Gasteiger partial charge in [0.15, 0.2) is 5.78 Å². The van der Waals surface area contributed by atoms with Gasteiger partial charge in [0.25, 0.3) is 0 Å². The van der Waals surface area contributed by atoms with E-state index in [2.05, 4.69) is 10.6 Å². The first-order chi connectivity index (χ1) is 14.9. The average Bonchev–Trinajstić information content (AvgIpc) is 2.75. The molecule has 0 bridgehead atoms.